The fourth-order valence-corrected chi connectivity index (χ4v) is 3.44. The van der Waals surface area contributed by atoms with Crippen molar-refractivity contribution in [2.75, 3.05) is 26.2 Å². The molecule has 0 aliphatic carbocycles. The minimum Gasteiger partial charge on any atom is -0.339 e. The molecule has 0 spiro atoms. The minimum atomic E-state index is 0. The Balaban J connectivity index is 0.00000147. The number of carbonyl (C=O) groups excluding carboxylic acids is 1. The number of hydrogen-bond donors (Lipinski definition) is 1. The summed E-state index contributed by atoms with van der Waals surface area (Å²) in [6.07, 6.45) is 2.21. The fourth-order valence-electron chi connectivity index (χ4n) is 3.23. The van der Waals surface area contributed by atoms with E-state index in [9.17, 15) is 4.79 Å². The van der Waals surface area contributed by atoms with Gasteiger partial charge in [-0.15, -0.1) is 12.4 Å². The molecule has 5 heteroatoms. The van der Waals surface area contributed by atoms with E-state index in [1.165, 1.54) is 0 Å². The monoisotopic (exact) mass is 314 g/mol. The van der Waals surface area contributed by atoms with Crippen LogP contribution in [0.2, 0.25) is 5.02 Å². The van der Waals surface area contributed by atoms with Crippen LogP contribution in [-0.2, 0) is 0 Å². The maximum atomic E-state index is 12.5. The summed E-state index contributed by atoms with van der Waals surface area (Å²) in [5, 5.41) is 4.01. The number of carbonyl (C=O) groups is 1. The first-order valence-corrected chi connectivity index (χ1v) is 7.38. The van der Waals surface area contributed by atoms with Gasteiger partial charge in [0.05, 0.1) is 10.6 Å². The molecule has 110 valence electrons. The number of rotatable bonds is 1. The van der Waals surface area contributed by atoms with E-state index in [-0.39, 0.29) is 18.3 Å². The molecule has 1 amide bonds. The largest absolute Gasteiger partial charge is 0.339 e. The highest BCUT2D eigenvalue weighted by Crippen LogP contribution is 2.28. The summed E-state index contributed by atoms with van der Waals surface area (Å²) in [4.78, 5) is 14.5. The maximum absolute atomic E-state index is 12.5. The summed E-state index contributed by atoms with van der Waals surface area (Å²) in [6, 6.07) is 7.33. The highest BCUT2D eigenvalue weighted by atomic mass is 35.5. The van der Waals surface area contributed by atoms with E-state index in [4.69, 9.17) is 11.6 Å². The van der Waals surface area contributed by atoms with Crippen molar-refractivity contribution in [2.45, 2.75) is 12.8 Å². The van der Waals surface area contributed by atoms with E-state index in [2.05, 4.69) is 5.32 Å². The van der Waals surface area contributed by atoms with Gasteiger partial charge in [0, 0.05) is 13.1 Å². The average Bonchev–Trinajstić information content (AvgIpc) is 2.78. The number of fused-ring (bicyclic) bond motifs is 1. The van der Waals surface area contributed by atoms with Crippen LogP contribution in [0, 0.1) is 11.8 Å². The molecular weight excluding hydrogens is 295 g/mol. The second-order valence-corrected chi connectivity index (χ2v) is 5.94. The fraction of sp³-hybridized carbons (Fsp3) is 0.533. The zero-order chi connectivity index (χ0) is 13.2. The highest BCUT2D eigenvalue weighted by Gasteiger charge is 2.31. The molecule has 1 aromatic rings. The molecule has 3 nitrogen and oxygen atoms in total. The standard InChI is InChI=1S/C15H19ClN2O.ClH/c16-14-4-2-1-3-13(14)15(19)18-7-5-11-9-17-10-12(11)6-8-18;/h1-4,11-12,17H,5-10H2;1H/t11-,12+;. The molecule has 0 bridgehead atoms. The number of hydrogen-bond acceptors (Lipinski definition) is 2. The molecular formula is C15H20Cl2N2O. The van der Waals surface area contributed by atoms with Gasteiger partial charge in [0.15, 0.2) is 0 Å². The first-order chi connectivity index (χ1) is 9.25. The Morgan fingerprint density at radius 2 is 1.75 bits per heavy atom. The van der Waals surface area contributed by atoms with Crippen molar-refractivity contribution in [2.24, 2.45) is 11.8 Å². The number of benzene rings is 1. The topological polar surface area (TPSA) is 32.3 Å². The molecule has 2 aliphatic rings. The van der Waals surface area contributed by atoms with Gasteiger partial charge < -0.3 is 10.2 Å². The van der Waals surface area contributed by atoms with E-state index in [1.807, 2.05) is 23.1 Å². The van der Waals surface area contributed by atoms with E-state index < -0.39 is 0 Å². The molecule has 2 atom stereocenters. The third kappa shape index (κ3) is 3.11. The lowest BCUT2D eigenvalue weighted by molar-refractivity contribution is 0.0758. The van der Waals surface area contributed by atoms with Crippen molar-refractivity contribution in [3.63, 3.8) is 0 Å². The zero-order valence-electron chi connectivity index (χ0n) is 11.3. The van der Waals surface area contributed by atoms with Crippen molar-refractivity contribution < 1.29 is 4.79 Å². The molecule has 0 aromatic heterocycles. The molecule has 0 unspecified atom stereocenters. The summed E-state index contributed by atoms with van der Waals surface area (Å²) >= 11 is 6.12. The van der Waals surface area contributed by atoms with Crippen molar-refractivity contribution in [3.8, 4) is 0 Å². The van der Waals surface area contributed by atoms with Gasteiger partial charge in [-0.25, -0.2) is 0 Å². The van der Waals surface area contributed by atoms with Gasteiger partial charge in [0.25, 0.3) is 5.91 Å². The molecule has 2 saturated heterocycles. The Bertz CT molecular complexity index is 467. The summed E-state index contributed by atoms with van der Waals surface area (Å²) in [7, 11) is 0. The lowest BCUT2D eigenvalue weighted by atomic mass is 9.92. The van der Waals surface area contributed by atoms with Gasteiger partial charge in [0.1, 0.15) is 0 Å². The third-order valence-electron chi connectivity index (χ3n) is 4.41. The normalized spacial score (nSPS) is 25.6. The lowest BCUT2D eigenvalue weighted by Crippen LogP contribution is -2.32. The lowest BCUT2D eigenvalue weighted by Gasteiger charge is -2.21. The van der Waals surface area contributed by atoms with Crippen LogP contribution in [0.5, 0.6) is 0 Å². The molecule has 0 radical (unpaired) electrons. The molecule has 1 aromatic carbocycles. The molecule has 2 heterocycles. The van der Waals surface area contributed by atoms with Gasteiger partial charge in [0.2, 0.25) is 0 Å². The van der Waals surface area contributed by atoms with E-state index in [0.29, 0.717) is 10.6 Å². The van der Waals surface area contributed by atoms with Crippen LogP contribution in [-0.4, -0.2) is 37.0 Å². The van der Waals surface area contributed by atoms with Crippen LogP contribution < -0.4 is 5.32 Å². The van der Waals surface area contributed by atoms with Crippen molar-refractivity contribution in [1.29, 1.82) is 0 Å². The molecule has 3 rings (SSSR count). The smallest absolute Gasteiger partial charge is 0.255 e. The third-order valence-corrected chi connectivity index (χ3v) is 4.74. The average molecular weight is 315 g/mol. The zero-order valence-corrected chi connectivity index (χ0v) is 12.9. The second kappa shape index (κ2) is 6.79. The van der Waals surface area contributed by atoms with Crippen LogP contribution in [0.15, 0.2) is 24.3 Å². The Morgan fingerprint density at radius 1 is 1.15 bits per heavy atom. The number of amides is 1. The number of likely N-dealkylation sites (tertiary alicyclic amines) is 1. The number of nitrogens with zero attached hydrogens (tertiary/aromatic N) is 1. The second-order valence-electron chi connectivity index (χ2n) is 5.53. The van der Waals surface area contributed by atoms with Crippen LogP contribution in [0.1, 0.15) is 23.2 Å². The molecule has 2 fully saturated rings. The van der Waals surface area contributed by atoms with Crippen LogP contribution in [0.3, 0.4) is 0 Å². The van der Waals surface area contributed by atoms with Crippen molar-refractivity contribution in [1.82, 2.24) is 10.2 Å². The predicted molar refractivity (Wildman–Crippen MR) is 83.7 cm³/mol. The maximum Gasteiger partial charge on any atom is 0.255 e. The number of nitrogens with one attached hydrogen (secondary N) is 1. The Morgan fingerprint density at radius 3 is 2.35 bits per heavy atom. The first kappa shape index (κ1) is 15.6. The van der Waals surface area contributed by atoms with Crippen LogP contribution >= 0.6 is 24.0 Å². The quantitative estimate of drug-likeness (QED) is 0.864. The van der Waals surface area contributed by atoms with Gasteiger partial charge in [-0.2, -0.15) is 0 Å². The predicted octanol–water partition coefficient (Wildman–Crippen LogP) is 2.83. The Hall–Kier alpha value is -0.770. The van der Waals surface area contributed by atoms with Gasteiger partial charge >= 0.3 is 0 Å². The van der Waals surface area contributed by atoms with Gasteiger partial charge in [-0.05, 0) is 49.9 Å². The Kier molecular flexibility index (Phi) is 5.30. The SMILES string of the molecule is Cl.O=C(c1ccccc1Cl)N1CC[C@@H]2CNC[C@@H]2CC1. The van der Waals surface area contributed by atoms with Crippen LogP contribution in [0.4, 0.5) is 0 Å². The highest BCUT2D eigenvalue weighted by molar-refractivity contribution is 6.33. The van der Waals surface area contributed by atoms with E-state index in [0.717, 1.165) is 50.9 Å². The van der Waals surface area contributed by atoms with E-state index in [1.54, 1.807) is 6.07 Å². The minimum absolute atomic E-state index is 0. The van der Waals surface area contributed by atoms with Gasteiger partial charge in [-0.3, -0.25) is 4.79 Å². The number of halogens is 2. The molecule has 20 heavy (non-hydrogen) atoms. The Labute approximate surface area is 131 Å². The van der Waals surface area contributed by atoms with Gasteiger partial charge in [-0.1, -0.05) is 23.7 Å². The summed E-state index contributed by atoms with van der Waals surface area (Å²) < 4.78 is 0. The van der Waals surface area contributed by atoms with E-state index >= 15 is 0 Å². The molecule has 2 aliphatic heterocycles. The van der Waals surface area contributed by atoms with Crippen molar-refractivity contribution in [3.05, 3.63) is 34.9 Å². The van der Waals surface area contributed by atoms with Crippen LogP contribution in [0.25, 0.3) is 0 Å². The molecule has 0 saturated carbocycles. The van der Waals surface area contributed by atoms with Crippen molar-refractivity contribution >= 4 is 29.9 Å². The summed E-state index contributed by atoms with van der Waals surface area (Å²) in [6.45, 7) is 3.93. The summed E-state index contributed by atoms with van der Waals surface area (Å²) in [5.41, 5.74) is 0.634. The molecule has 1 N–H and O–H groups in total. The summed E-state index contributed by atoms with van der Waals surface area (Å²) in [5.74, 6) is 1.56. The first-order valence-electron chi connectivity index (χ1n) is 7.00.